The third kappa shape index (κ3) is 5.82. The number of imide groups is 1. The van der Waals surface area contributed by atoms with Gasteiger partial charge in [0.25, 0.3) is 5.91 Å². The Balaban J connectivity index is 1.50. The highest BCUT2D eigenvalue weighted by Crippen LogP contribution is 2.32. The van der Waals surface area contributed by atoms with E-state index in [1.807, 2.05) is 48.5 Å². The first-order valence-electron chi connectivity index (χ1n) is 9.76. The van der Waals surface area contributed by atoms with E-state index in [1.54, 1.807) is 18.2 Å². The van der Waals surface area contributed by atoms with E-state index in [4.69, 9.17) is 27.9 Å². The average Bonchev–Trinajstić information content (AvgIpc) is 3.02. The molecule has 1 heterocycles. The van der Waals surface area contributed by atoms with E-state index in [-0.39, 0.29) is 18.1 Å². The molecule has 0 unspecified atom stereocenters. The molecular formula is C24H16Cl2I2N2O3. The highest BCUT2D eigenvalue weighted by molar-refractivity contribution is 14.1. The number of rotatable bonds is 6. The fourth-order valence-electron chi connectivity index (χ4n) is 3.24. The van der Waals surface area contributed by atoms with Crippen LogP contribution in [0.5, 0.6) is 5.75 Å². The van der Waals surface area contributed by atoms with Crippen LogP contribution in [0.3, 0.4) is 0 Å². The molecule has 4 rings (SSSR count). The summed E-state index contributed by atoms with van der Waals surface area (Å²) in [6.07, 6.45) is 1.68. The van der Waals surface area contributed by atoms with Gasteiger partial charge in [-0.1, -0.05) is 59.6 Å². The van der Waals surface area contributed by atoms with Crippen LogP contribution in [0, 0.1) is 7.14 Å². The molecule has 1 aliphatic rings. The number of carbonyl (C=O) groups is 2. The lowest BCUT2D eigenvalue weighted by Crippen LogP contribution is -2.30. The van der Waals surface area contributed by atoms with Crippen molar-refractivity contribution in [1.29, 1.82) is 0 Å². The first-order valence-corrected chi connectivity index (χ1v) is 12.7. The van der Waals surface area contributed by atoms with E-state index in [0.717, 1.165) is 29.6 Å². The van der Waals surface area contributed by atoms with Gasteiger partial charge < -0.3 is 10.1 Å². The summed E-state index contributed by atoms with van der Waals surface area (Å²) < 4.78 is 7.75. The molecule has 1 N–H and O–H groups in total. The molecule has 0 spiro atoms. The van der Waals surface area contributed by atoms with Crippen LogP contribution in [0.2, 0.25) is 10.0 Å². The number of halogens is 4. The summed E-state index contributed by atoms with van der Waals surface area (Å²) in [7, 11) is 0. The van der Waals surface area contributed by atoms with Gasteiger partial charge in [-0.15, -0.1) is 0 Å². The van der Waals surface area contributed by atoms with Gasteiger partial charge in [-0.05, 0) is 86.7 Å². The lowest BCUT2D eigenvalue weighted by molar-refractivity contribution is -0.123. The Labute approximate surface area is 228 Å². The summed E-state index contributed by atoms with van der Waals surface area (Å²) in [5.74, 6) is 0.364. The average molecular weight is 705 g/mol. The van der Waals surface area contributed by atoms with Gasteiger partial charge in [0.05, 0.1) is 13.7 Å². The third-order valence-corrected chi connectivity index (χ3v) is 7.05. The van der Waals surface area contributed by atoms with Gasteiger partial charge in [0, 0.05) is 15.6 Å². The van der Waals surface area contributed by atoms with Crippen molar-refractivity contribution in [2.45, 2.75) is 13.2 Å². The molecule has 0 radical (unpaired) electrons. The van der Waals surface area contributed by atoms with Gasteiger partial charge in [0.15, 0.2) is 0 Å². The van der Waals surface area contributed by atoms with Crippen molar-refractivity contribution >= 4 is 86.4 Å². The first-order chi connectivity index (χ1) is 15.8. The number of urea groups is 1. The smallest absolute Gasteiger partial charge is 0.329 e. The molecule has 9 heteroatoms. The molecular weight excluding hydrogens is 689 g/mol. The first kappa shape index (κ1) is 24.3. The predicted octanol–water partition coefficient (Wildman–Crippen LogP) is 6.87. The van der Waals surface area contributed by atoms with Crippen LogP contribution < -0.4 is 10.1 Å². The number of carbonyl (C=O) groups excluding carboxylic acids is 2. The van der Waals surface area contributed by atoms with Crippen molar-refractivity contribution in [3.05, 3.63) is 100 Å². The molecule has 5 nitrogen and oxygen atoms in total. The number of amides is 3. The Morgan fingerprint density at radius 1 is 0.970 bits per heavy atom. The van der Waals surface area contributed by atoms with Crippen molar-refractivity contribution < 1.29 is 14.3 Å². The summed E-state index contributed by atoms with van der Waals surface area (Å²) >= 11 is 16.6. The number of benzene rings is 3. The summed E-state index contributed by atoms with van der Waals surface area (Å²) in [4.78, 5) is 26.4. The zero-order valence-electron chi connectivity index (χ0n) is 16.9. The molecule has 1 saturated heterocycles. The van der Waals surface area contributed by atoms with Crippen molar-refractivity contribution in [3.8, 4) is 5.75 Å². The minimum absolute atomic E-state index is 0.220. The maximum atomic E-state index is 12.8. The number of nitrogens with zero attached hydrogens (tertiary/aromatic N) is 1. The van der Waals surface area contributed by atoms with E-state index in [1.165, 1.54) is 4.90 Å². The highest BCUT2D eigenvalue weighted by atomic mass is 127. The Hall–Kier alpha value is -1.82. The topological polar surface area (TPSA) is 58.6 Å². The fraction of sp³-hybridized carbons (Fsp3) is 0.0833. The van der Waals surface area contributed by atoms with Gasteiger partial charge in [-0.25, -0.2) is 4.79 Å². The SMILES string of the molecule is O=C1N/C(=C/c2cc(I)c(OCc3ccc(Cl)cc3Cl)c(I)c2)C(=O)N1Cc1ccccc1. The molecule has 3 aromatic rings. The molecule has 3 aromatic carbocycles. The summed E-state index contributed by atoms with van der Waals surface area (Å²) in [5.41, 5.74) is 2.74. The maximum absolute atomic E-state index is 12.8. The fourth-order valence-corrected chi connectivity index (χ4v) is 5.83. The highest BCUT2D eigenvalue weighted by Gasteiger charge is 2.33. The van der Waals surface area contributed by atoms with Crippen molar-refractivity contribution in [1.82, 2.24) is 10.2 Å². The lowest BCUT2D eigenvalue weighted by atomic mass is 10.1. The zero-order valence-corrected chi connectivity index (χ0v) is 22.8. The van der Waals surface area contributed by atoms with Gasteiger partial charge in [-0.3, -0.25) is 9.69 Å². The molecule has 0 aromatic heterocycles. The summed E-state index contributed by atoms with van der Waals surface area (Å²) in [6, 6.07) is 18.0. The van der Waals surface area contributed by atoms with Crippen molar-refractivity contribution in [2.75, 3.05) is 0 Å². The van der Waals surface area contributed by atoms with E-state index >= 15 is 0 Å². The molecule has 168 valence electrons. The quantitative estimate of drug-likeness (QED) is 0.173. The van der Waals surface area contributed by atoms with Crippen LogP contribution in [-0.2, 0) is 17.9 Å². The second-order valence-corrected chi connectivity index (χ2v) is 10.4. The number of hydrogen-bond donors (Lipinski definition) is 1. The minimum Gasteiger partial charge on any atom is -0.487 e. The van der Waals surface area contributed by atoms with E-state index in [2.05, 4.69) is 50.5 Å². The van der Waals surface area contributed by atoms with Crippen LogP contribution in [0.1, 0.15) is 16.7 Å². The van der Waals surface area contributed by atoms with E-state index in [0.29, 0.717) is 16.7 Å². The zero-order chi connectivity index (χ0) is 23.5. The Morgan fingerprint density at radius 3 is 2.33 bits per heavy atom. The maximum Gasteiger partial charge on any atom is 0.329 e. The van der Waals surface area contributed by atoms with Crippen molar-refractivity contribution in [3.63, 3.8) is 0 Å². The summed E-state index contributed by atoms with van der Waals surface area (Å²) in [6.45, 7) is 0.517. The molecule has 0 saturated carbocycles. The molecule has 1 fully saturated rings. The second kappa shape index (κ2) is 10.6. The van der Waals surface area contributed by atoms with Crippen LogP contribution in [0.4, 0.5) is 4.79 Å². The minimum atomic E-state index is -0.431. The standard InChI is InChI=1S/C24H16Cl2I2N2O3/c25-17-7-6-16(18(26)11-17)13-33-22-19(27)8-15(9-20(22)28)10-21-23(31)30(24(32)29-21)12-14-4-2-1-3-5-14/h1-11H,12-13H2,(H,29,32)/b21-10+. The van der Waals surface area contributed by atoms with Crippen LogP contribution in [-0.4, -0.2) is 16.8 Å². The van der Waals surface area contributed by atoms with E-state index in [9.17, 15) is 9.59 Å². The Kier molecular flexibility index (Phi) is 7.83. The Morgan fingerprint density at radius 2 is 1.67 bits per heavy atom. The molecule has 0 bridgehead atoms. The molecule has 1 aliphatic heterocycles. The summed E-state index contributed by atoms with van der Waals surface area (Å²) in [5, 5.41) is 3.79. The molecule has 33 heavy (non-hydrogen) atoms. The van der Waals surface area contributed by atoms with Gasteiger partial charge in [0.2, 0.25) is 0 Å². The van der Waals surface area contributed by atoms with Crippen LogP contribution >= 0.6 is 68.4 Å². The molecule has 0 aliphatic carbocycles. The normalized spacial score (nSPS) is 14.7. The number of hydrogen-bond acceptors (Lipinski definition) is 3. The van der Waals surface area contributed by atoms with Gasteiger partial charge in [0.1, 0.15) is 18.1 Å². The van der Waals surface area contributed by atoms with Gasteiger partial charge in [-0.2, -0.15) is 0 Å². The molecule has 3 amide bonds. The second-order valence-electron chi connectivity index (χ2n) is 7.20. The lowest BCUT2D eigenvalue weighted by Gasteiger charge is -2.13. The van der Waals surface area contributed by atoms with Crippen LogP contribution in [0.15, 0.2) is 66.4 Å². The molecule has 0 atom stereocenters. The van der Waals surface area contributed by atoms with Gasteiger partial charge >= 0.3 is 6.03 Å². The largest absolute Gasteiger partial charge is 0.487 e. The van der Waals surface area contributed by atoms with Crippen LogP contribution in [0.25, 0.3) is 6.08 Å². The van der Waals surface area contributed by atoms with Crippen molar-refractivity contribution in [2.24, 2.45) is 0 Å². The van der Waals surface area contributed by atoms with E-state index < -0.39 is 6.03 Å². The predicted molar refractivity (Wildman–Crippen MR) is 146 cm³/mol. The third-order valence-electron chi connectivity index (χ3n) is 4.86. The number of ether oxygens (including phenoxy) is 1. The monoisotopic (exact) mass is 704 g/mol. The number of nitrogens with one attached hydrogen (secondary N) is 1. The Bertz CT molecular complexity index is 1240.